The third-order valence-corrected chi connectivity index (χ3v) is 11.5. The maximum atomic E-state index is 11.4. The number of hydrogen-bond acceptors (Lipinski definition) is 0. The summed E-state index contributed by atoms with van der Waals surface area (Å²) in [5, 5.41) is 4.99. The van der Waals surface area contributed by atoms with Crippen molar-refractivity contribution >= 4 is 29.7 Å². The van der Waals surface area contributed by atoms with Crippen LogP contribution in [0.25, 0.3) is 46.6 Å². The molecule has 0 atom stereocenters. The molecule has 4 aromatic carbocycles. The first kappa shape index (κ1) is 48.5. The second-order valence-corrected chi connectivity index (χ2v) is 24.4. The van der Waals surface area contributed by atoms with E-state index in [9.17, 15) is 13.2 Å². The maximum Gasteiger partial charge on any atom is -1.00 e. The smallest absolute Gasteiger partial charge is 1.00 e. The van der Waals surface area contributed by atoms with E-state index in [1.807, 2.05) is 6.55 Å². The Labute approximate surface area is 355 Å². The fraction of sp³-hybridized carbons (Fsp3) is 0.333. The molecule has 0 aromatic heterocycles. The molecule has 55 heavy (non-hydrogen) atoms. The van der Waals surface area contributed by atoms with Gasteiger partial charge in [-0.15, -0.1) is 80.6 Å². The Hall–Kier alpha value is -2.69. The number of alkyl halides is 3. The van der Waals surface area contributed by atoms with Crippen molar-refractivity contribution in [3.63, 3.8) is 0 Å². The summed E-state index contributed by atoms with van der Waals surface area (Å²) in [6, 6.07) is 31.2. The third-order valence-electron chi connectivity index (χ3n) is 8.68. The van der Waals surface area contributed by atoms with Crippen LogP contribution in [0.15, 0.2) is 108 Å². The van der Waals surface area contributed by atoms with Crippen LogP contribution in [0.3, 0.4) is 0 Å². The summed E-state index contributed by atoms with van der Waals surface area (Å²) in [5.74, 6) is 0. The molecule has 2 aliphatic rings. The van der Waals surface area contributed by atoms with Gasteiger partial charge in [-0.05, 0) is 45.9 Å². The Morgan fingerprint density at radius 2 is 0.964 bits per heavy atom. The molecule has 0 heterocycles. The molecular weight excluding hydrogens is 824 g/mol. The van der Waals surface area contributed by atoms with E-state index < -0.39 is 18.0 Å². The first-order valence-electron chi connectivity index (χ1n) is 18.6. The number of halogens is 5. The van der Waals surface area contributed by atoms with Crippen molar-refractivity contribution in [3.8, 4) is 22.3 Å². The fourth-order valence-corrected chi connectivity index (χ4v) is 7.70. The maximum absolute atomic E-state index is 11.4. The summed E-state index contributed by atoms with van der Waals surface area (Å²) < 4.78 is 34.3. The van der Waals surface area contributed by atoms with E-state index in [1.165, 1.54) is 88.7 Å². The van der Waals surface area contributed by atoms with E-state index in [-0.39, 0.29) is 35.6 Å². The predicted octanol–water partition coefficient (Wildman–Crippen LogP) is 4.80. The summed E-state index contributed by atoms with van der Waals surface area (Å²) in [4.78, 5) is 0. The van der Waals surface area contributed by atoms with Crippen molar-refractivity contribution < 1.29 is 61.3 Å². The van der Waals surface area contributed by atoms with Gasteiger partial charge < -0.3 is 24.8 Å². The first-order valence-corrected chi connectivity index (χ1v) is 24.5. The van der Waals surface area contributed by atoms with Gasteiger partial charge in [-0.1, -0.05) is 139 Å². The molecule has 2 aliphatic carbocycles. The molecule has 0 saturated carbocycles. The summed E-state index contributed by atoms with van der Waals surface area (Å²) in [7, 11) is 0. The molecule has 4 aromatic rings. The Morgan fingerprint density at radius 1 is 0.600 bits per heavy atom. The summed E-state index contributed by atoms with van der Waals surface area (Å²) in [6.07, 6.45) is 13.8. The van der Waals surface area contributed by atoms with Crippen molar-refractivity contribution in [2.24, 2.45) is 10.8 Å². The molecule has 0 bridgehead atoms. The molecule has 6 rings (SSSR count). The number of aryl methyl sites for hydroxylation is 2. The minimum atomic E-state index is -3.93. The quantitative estimate of drug-likeness (QED) is 0.193. The monoisotopic (exact) mass is 874 g/mol. The zero-order valence-corrected chi connectivity index (χ0v) is 38.6. The first-order chi connectivity index (χ1) is 24.8. The standard InChI is InChI=1S/2C22H23.C4H7F3Si.2ClH.Zr/c2*1-5-16-9-11-18(12-10-16)20-8-6-7-19-13-17(14-21(19)20)15-22(2,3)4;1-8-3-2-4(5,6)7;;;/h2*6-12,14-15H,5H2,1-4H3;2-3H2,1H3;2*1H;/q2*-1;;;;+2/p-2. The number of benzene rings is 4. The van der Waals surface area contributed by atoms with Crippen molar-refractivity contribution in [2.45, 2.75) is 93.4 Å². The van der Waals surface area contributed by atoms with E-state index in [4.69, 9.17) is 0 Å². The van der Waals surface area contributed by atoms with Gasteiger partial charge in [0.05, 0.1) is 0 Å². The average Bonchev–Trinajstić information content (AvgIpc) is 3.68. The van der Waals surface area contributed by atoms with Crippen LogP contribution in [0.2, 0.25) is 12.6 Å². The van der Waals surface area contributed by atoms with Crippen LogP contribution in [-0.2, 0) is 36.2 Å². The van der Waals surface area contributed by atoms with E-state index >= 15 is 0 Å². The Balaban J connectivity index is 0.000000304. The van der Waals surface area contributed by atoms with E-state index in [0.29, 0.717) is 6.04 Å². The molecule has 0 aliphatic heterocycles. The molecule has 0 spiro atoms. The van der Waals surface area contributed by atoms with Gasteiger partial charge in [0, 0.05) is 0 Å². The number of hydrogen-bond donors (Lipinski definition) is 0. The molecule has 0 saturated heterocycles. The Bertz CT molecular complexity index is 2070. The van der Waals surface area contributed by atoms with E-state index in [2.05, 4.69) is 177 Å². The van der Waals surface area contributed by atoms with Gasteiger partial charge in [0.1, 0.15) is 0 Å². The topological polar surface area (TPSA) is 0 Å². The Kier molecular flexibility index (Phi) is 18.7. The van der Waals surface area contributed by atoms with Gasteiger partial charge in [-0.3, -0.25) is 0 Å². The zero-order chi connectivity index (χ0) is 39.0. The molecule has 290 valence electrons. The van der Waals surface area contributed by atoms with Crippen LogP contribution >= 0.6 is 0 Å². The van der Waals surface area contributed by atoms with Crippen LogP contribution < -0.4 is 45.7 Å². The van der Waals surface area contributed by atoms with Crippen molar-refractivity contribution in [1.82, 2.24) is 0 Å². The van der Waals surface area contributed by atoms with Gasteiger partial charge in [0.15, 0.2) is 0 Å². The fourth-order valence-electron chi connectivity index (χ4n) is 6.11. The van der Waals surface area contributed by atoms with E-state index in [0.717, 1.165) is 12.8 Å². The summed E-state index contributed by atoms with van der Waals surface area (Å²) >= 11 is 1.29. The molecule has 0 nitrogen and oxygen atoms in total. The second-order valence-electron chi connectivity index (χ2n) is 16.0. The minimum absolute atomic E-state index is 0. The molecule has 0 fully saturated rings. The van der Waals surface area contributed by atoms with Gasteiger partial charge in [-0.2, -0.15) is 0 Å². The number of rotatable bonds is 6. The molecule has 0 radical (unpaired) electrons. The van der Waals surface area contributed by atoms with Crippen LogP contribution in [0.1, 0.15) is 72.9 Å². The number of allylic oxidation sites excluding steroid dienone is 4. The zero-order valence-electron chi connectivity index (χ0n) is 33.6. The van der Waals surface area contributed by atoms with Gasteiger partial charge in [0.2, 0.25) is 0 Å². The van der Waals surface area contributed by atoms with E-state index in [1.54, 1.807) is 0 Å². The third kappa shape index (κ3) is 15.6. The van der Waals surface area contributed by atoms with Gasteiger partial charge in [0.25, 0.3) is 0 Å². The van der Waals surface area contributed by atoms with Crippen LogP contribution in [0.4, 0.5) is 13.2 Å². The van der Waals surface area contributed by atoms with Crippen molar-refractivity contribution in [1.29, 1.82) is 0 Å². The normalized spacial score (nSPS) is 14.2. The summed E-state index contributed by atoms with van der Waals surface area (Å²) in [5.41, 5.74) is 10.1. The van der Waals surface area contributed by atoms with Crippen molar-refractivity contribution in [2.75, 3.05) is 0 Å². The number of fused-ring (bicyclic) bond motifs is 2. The van der Waals surface area contributed by atoms with Crippen LogP contribution in [0.5, 0.6) is 0 Å². The van der Waals surface area contributed by atoms with Crippen molar-refractivity contribution in [3.05, 3.63) is 140 Å². The second kappa shape index (κ2) is 21.2. The molecule has 0 amide bonds. The van der Waals surface area contributed by atoms with Crippen LogP contribution in [0, 0.1) is 10.8 Å². The van der Waals surface area contributed by atoms with Gasteiger partial charge in [-0.25, -0.2) is 0 Å². The summed E-state index contributed by atoms with van der Waals surface area (Å²) in [6.45, 7) is 19.7. The van der Waals surface area contributed by atoms with Gasteiger partial charge >= 0.3 is 67.1 Å². The SMILES string of the molecule is CCc1ccc(-c2cccc3c2=CC(=CC(C)(C)C)[C-]=3)cc1.CCc1ccc(-c2cccc3c2=CC(=CC(C)(C)C)[C-]=3)cc1.C[Si](=[Zr+2])CCC(F)(F)F.[Cl-].[Cl-]. The average molecular weight is 877 g/mol. The molecule has 0 unspecified atom stereocenters. The predicted molar refractivity (Wildman–Crippen MR) is 219 cm³/mol. The molecule has 7 heteroatoms. The molecule has 0 N–H and O–H groups in total. The van der Waals surface area contributed by atoms with Crippen LogP contribution in [-0.4, -0.2) is 11.6 Å². The minimum Gasteiger partial charge on any atom is -1.00 e. The Morgan fingerprint density at radius 3 is 1.24 bits per heavy atom. The molecular formula is C48H53Cl2F3SiZr-2. The largest absolute Gasteiger partial charge is 1.00 e.